The molecule has 0 fully saturated rings. The van der Waals surface area contributed by atoms with Gasteiger partial charge in [-0.05, 0) is 48.9 Å². The lowest BCUT2D eigenvalue weighted by atomic mass is 10.1. The van der Waals surface area contributed by atoms with Gasteiger partial charge in [-0.1, -0.05) is 12.1 Å². The van der Waals surface area contributed by atoms with E-state index in [2.05, 4.69) is 10.5 Å². The lowest BCUT2D eigenvalue weighted by Gasteiger charge is -2.05. The smallest absolute Gasteiger partial charge is 0.277 e. The number of amides is 1. The molecule has 1 aromatic heterocycles. The Hall–Kier alpha value is -3.94. The molecule has 0 atom stereocenters. The molecule has 0 aliphatic carbocycles. The van der Waals surface area contributed by atoms with E-state index in [0.717, 1.165) is 5.56 Å². The Labute approximate surface area is 160 Å². The van der Waals surface area contributed by atoms with Gasteiger partial charge in [0.15, 0.2) is 6.61 Å². The lowest BCUT2D eigenvalue weighted by molar-refractivity contribution is -0.384. The molecule has 0 aliphatic rings. The first-order valence-electron chi connectivity index (χ1n) is 8.37. The second kappa shape index (κ2) is 8.63. The number of rotatable bonds is 7. The molecule has 1 N–H and O–H groups in total. The van der Waals surface area contributed by atoms with Crippen LogP contribution in [-0.2, 0) is 4.79 Å². The van der Waals surface area contributed by atoms with Gasteiger partial charge < -0.3 is 9.15 Å². The fourth-order valence-electron chi connectivity index (χ4n) is 2.38. The molecule has 8 heteroatoms. The largest absolute Gasteiger partial charge is 0.484 e. The van der Waals surface area contributed by atoms with Gasteiger partial charge in [-0.2, -0.15) is 5.10 Å². The highest BCUT2D eigenvalue weighted by atomic mass is 16.6. The minimum Gasteiger partial charge on any atom is -0.484 e. The Morgan fingerprint density at radius 1 is 1.21 bits per heavy atom. The molecule has 0 unspecified atom stereocenters. The first kappa shape index (κ1) is 18.8. The van der Waals surface area contributed by atoms with E-state index < -0.39 is 10.8 Å². The Morgan fingerprint density at radius 3 is 2.71 bits per heavy atom. The van der Waals surface area contributed by atoms with Gasteiger partial charge in [0, 0.05) is 17.7 Å². The number of hydrogen-bond donors (Lipinski definition) is 1. The molecule has 3 aromatic rings. The van der Waals surface area contributed by atoms with E-state index >= 15 is 0 Å². The molecule has 0 bridgehead atoms. The number of furan rings is 1. The van der Waals surface area contributed by atoms with Crippen LogP contribution in [0, 0.1) is 17.0 Å². The van der Waals surface area contributed by atoms with E-state index in [4.69, 9.17) is 9.15 Å². The van der Waals surface area contributed by atoms with Gasteiger partial charge in [0.05, 0.1) is 11.1 Å². The standard InChI is InChI=1S/C20H17N3O5/c1-14-3-2-4-17(11-14)27-13-20(24)22-21-12-18-9-10-19(28-18)15-5-7-16(8-6-15)23(25)26/h2-12H,13H2,1H3,(H,22,24)/b21-12-. The molecule has 0 spiro atoms. The van der Waals surface area contributed by atoms with Gasteiger partial charge in [-0.3, -0.25) is 14.9 Å². The van der Waals surface area contributed by atoms with E-state index in [-0.39, 0.29) is 12.3 Å². The Balaban J connectivity index is 1.52. The summed E-state index contributed by atoms with van der Waals surface area (Å²) in [7, 11) is 0. The summed E-state index contributed by atoms with van der Waals surface area (Å²) in [5.74, 6) is 1.16. The second-order valence-electron chi connectivity index (χ2n) is 5.90. The summed E-state index contributed by atoms with van der Waals surface area (Å²) in [5.41, 5.74) is 4.10. The van der Waals surface area contributed by atoms with Crippen LogP contribution in [0.1, 0.15) is 11.3 Å². The van der Waals surface area contributed by atoms with Crippen LogP contribution >= 0.6 is 0 Å². The number of nitro groups is 1. The molecule has 0 saturated heterocycles. The van der Waals surface area contributed by atoms with Crippen molar-refractivity contribution in [1.29, 1.82) is 0 Å². The molecule has 0 saturated carbocycles. The Kier molecular flexibility index (Phi) is 5.81. The number of ether oxygens (including phenoxy) is 1. The van der Waals surface area contributed by atoms with Crippen LogP contribution in [0.4, 0.5) is 5.69 Å². The molecule has 0 aliphatic heterocycles. The minimum atomic E-state index is -0.463. The van der Waals surface area contributed by atoms with Gasteiger partial charge in [0.1, 0.15) is 17.3 Å². The van der Waals surface area contributed by atoms with Crippen molar-refractivity contribution in [2.24, 2.45) is 5.10 Å². The normalized spacial score (nSPS) is 10.8. The highest BCUT2D eigenvalue weighted by Gasteiger charge is 2.08. The number of non-ortho nitro benzene ring substituents is 1. The van der Waals surface area contributed by atoms with Crippen molar-refractivity contribution < 1.29 is 18.9 Å². The molecule has 8 nitrogen and oxygen atoms in total. The van der Waals surface area contributed by atoms with Gasteiger partial charge >= 0.3 is 0 Å². The molecule has 3 rings (SSSR count). The summed E-state index contributed by atoms with van der Waals surface area (Å²) in [4.78, 5) is 22.0. The van der Waals surface area contributed by atoms with Crippen molar-refractivity contribution >= 4 is 17.8 Å². The molecule has 28 heavy (non-hydrogen) atoms. The summed E-state index contributed by atoms with van der Waals surface area (Å²) in [6.45, 7) is 1.78. The lowest BCUT2D eigenvalue weighted by Crippen LogP contribution is -2.24. The summed E-state index contributed by atoms with van der Waals surface area (Å²) >= 11 is 0. The molecule has 0 radical (unpaired) electrons. The third-order valence-corrected chi connectivity index (χ3v) is 3.73. The number of carbonyl (C=O) groups is 1. The van der Waals surface area contributed by atoms with Gasteiger partial charge in [-0.15, -0.1) is 0 Å². The third-order valence-electron chi connectivity index (χ3n) is 3.73. The fourth-order valence-corrected chi connectivity index (χ4v) is 2.38. The summed E-state index contributed by atoms with van der Waals surface area (Å²) in [6.07, 6.45) is 1.36. The molecule has 1 heterocycles. The maximum absolute atomic E-state index is 11.8. The minimum absolute atomic E-state index is 0.00712. The third kappa shape index (κ3) is 5.04. The Bertz CT molecular complexity index is 1010. The predicted octanol–water partition coefficient (Wildman–Crippen LogP) is 3.69. The molecule has 1 amide bonds. The van der Waals surface area contributed by atoms with Crippen LogP contribution in [0.5, 0.6) is 5.75 Å². The maximum Gasteiger partial charge on any atom is 0.277 e. The van der Waals surface area contributed by atoms with Gasteiger partial charge in [0.25, 0.3) is 11.6 Å². The van der Waals surface area contributed by atoms with E-state index in [0.29, 0.717) is 22.8 Å². The number of benzene rings is 2. The number of hydrogen-bond acceptors (Lipinski definition) is 6. The first-order chi connectivity index (χ1) is 13.5. The molecular weight excluding hydrogens is 362 g/mol. The summed E-state index contributed by atoms with van der Waals surface area (Å²) < 4.78 is 11.0. The maximum atomic E-state index is 11.8. The zero-order valence-corrected chi connectivity index (χ0v) is 15.0. The van der Waals surface area contributed by atoms with E-state index in [1.165, 1.54) is 18.3 Å². The quantitative estimate of drug-likeness (QED) is 0.383. The number of hydrazone groups is 1. The summed E-state index contributed by atoms with van der Waals surface area (Å²) in [5, 5.41) is 14.5. The monoisotopic (exact) mass is 379 g/mol. The van der Waals surface area contributed by atoms with E-state index in [1.54, 1.807) is 30.3 Å². The van der Waals surface area contributed by atoms with E-state index in [1.807, 2.05) is 25.1 Å². The number of nitro benzene ring substituents is 1. The van der Waals surface area contributed by atoms with Crippen molar-refractivity contribution in [1.82, 2.24) is 5.43 Å². The van der Waals surface area contributed by atoms with Gasteiger partial charge in [-0.25, -0.2) is 5.43 Å². The van der Waals surface area contributed by atoms with Crippen LogP contribution in [0.25, 0.3) is 11.3 Å². The van der Waals surface area contributed by atoms with Crippen molar-refractivity contribution in [2.75, 3.05) is 6.61 Å². The average Bonchev–Trinajstić information content (AvgIpc) is 3.15. The zero-order chi connectivity index (χ0) is 19.9. The van der Waals surface area contributed by atoms with Gasteiger partial charge in [0.2, 0.25) is 0 Å². The van der Waals surface area contributed by atoms with Crippen LogP contribution in [0.3, 0.4) is 0 Å². The van der Waals surface area contributed by atoms with Crippen LogP contribution in [0.15, 0.2) is 70.2 Å². The molecule has 142 valence electrons. The SMILES string of the molecule is Cc1cccc(OCC(=O)N/N=C\c2ccc(-c3ccc([N+](=O)[O-])cc3)o2)c1. The number of aryl methyl sites for hydroxylation is 1. The summed E-state index contributed by atoms with van der Waals surface area (Å²) in [6, 6.07) is 16.8. The second-order valence-corrected chi connectivity index (χ2v) is 5.90. The fraction of sp³-hybridized carbons (Fsp3) is 0.100. The van der Waals surface area contributed by atoms with Crippen LogP contribution in [-0.4, -0.2) is 23.7 Å². The van der Waals surface area contributed by atoms with Crippen LogP contribution in [0.2, 0.25) is 0 Å². The first-order valence-corrected chi connectivity index (χ1v) is 8.37. The van der Waals surface area contributed by atoms with Crippen molar-refractivity contribution in [3.8, 4) is 17.1 Å². The highest BCUT2D eigenvalue weighted by Crippen LogP contribution is 2.24. The average molecular weight is 379 g/mol. The predicted molar refractivity (Wildman–Crippen MR) is 103 cm³/mol. The molecule has 2 aromatic carbocycles. The van der Waals surface area contributed by atoms with Crippen molar-refractivity contribution in [2.45, 2.75) is 6.92 Å². The van der Waals surface area contributed by atoms with Crippen molar-refractivity contribution in [3.05, 3.63) is 82.1 Å². The number of nitrogens with zero attached hydrogens (tertiary/aromatic N) is 2. The highest BCUT2D eigenvalue weighted by molar-refractivity contribution is 5.81. The zero-order valence-electron chi connectivity index (χ0n) is 15.0. The Morgan fingerprint density at radius 2 is 2.00 bits per heavy atom. The van der Waals surface area contributed by atoms with Crippen molar-refractivity contribution in [3.63, 3.8) is 0 Å². The van der Waals surface area contributed by atoms with Crippen LogP contribution < -0.4 is 10.2 Å². The van der Waals surface area contributed by atoms with E-state index in [9.17, 15) is 14.9 Å². The topological polar surface area (TPSA) is 107 Å². The number of nitrogens with one attached hydrogen (secondary N) is 1. The molecular formula is C20H17N3O5. The number of carbonyl (C=O) groups excluding carboxylic acids is 1.